The Balaban J connectivity index is 2.05. The SMILES string of the molecule is CCC(=C(CC)P(=O)(O)O)C1C(CO[Si](c2ccccc2)(c2ccccc2)C(C)(C)C)C1(F)F. The maximum absolute atomic E-state index is 15.1. The number of halogens is 2. The summed E-state index contributed by atoms with van der Waals surface area (Å²) >= 11 is 0. The third-order valence-electron chi connectivity index (χ3n) is 6.91. The van der Waals surface area contributed by atoms with Crippen LogP contribution in [0.3, 0.4) is 0 Å². The van der Waals surface area contributed by atoms with Crippen LogP contribution in [0.15, 0.2) is 71.6 Å². The Hall–Kier alpha value is -1.63. The molecule has 0 aromatic heterocycles. The van der Waals surface area contributed by atoms with E-state index >= 15 is 8.78 Å². The molecule has 2 N–H and O–H groups in total. The lowest BCUT2D eigenvalue weighted by Gasteiger charge is -2.43. The Morgan fingerprint density at radius 1 is 0.971 bits per heavy atom. The maximum Gasteiger partial charge on any atom is 0.352 e. The van der Waals surface area contributed by atoms with E-state index in [-0.39, 0.29) is 35.4 Å². The zero-order valence-corrected chi connectivity index (χ0v) is 22.4. The average Bonchev–Trinajstić information content (AvgIpc) is 3.31. The van der Waals surface area contributed by atoms with Crippen molar-refractivity contribution in [2.45, 2.75) is 58.4 Å². The molecule has 3 rings (SSSR count). The summed E-state index contributed by atoms with van der Waals surface area (Å²) in [6, 6.07) is 19.6. The highest BCUT2D eigenvalue weighted by Crippen LogP contribution is 2.63. The van der Waals surface area contributed by atoms with Gasteiger partial charge in [0, 0.05) is 11.9 Å². The molecule has 8 heteroatoms. The molecule has 0 spiro atoms. The largest absolute Gasteiger partial charge is 0.407 e. The van der Waals surface area contributed by atoms with Crippen LogP contribution in [0.5, 0.6) is 0 Å². The lowest BCUT2D eigenvalue weighted by Crippen LogP contribution is -2.66. The Bertz CT molecular complexity index is 1020. The molecule has 186 valence electrons. The van der Waals surface area contributed by atoms with E-state index in [1.54, 1.807) is 13.8 Å². The van der Waals surface area contributed by atoms with E-state index in [9.17, 15) is 14.4 Å². The highest BCUT2D eigenvalue weighted by atomic mass is 31.2. The van der Waals surface area contributed by atoms with Crippen molar-refractivity contribution < 1.29 is 27.6 Å². The van der Waals surface area contributed by atoms with Crippen LogP contribution >= 0.6 is 7.60 Å². The fraction of sp³-hybridized carbons (Fsp3) is 0.462. The van der Waals surface area contributed by atoms with E-state index in [0.717, 1.165) is 10.4 Å². The number of allylic oxidation sites excluding steroid dienone is 2. The minimum atomic E-state index is -4.60. The van der Waals surface area contributed by atoms with Gasteiger partial charge in [0.1, 0.15) is 0 Å². The molecule has 1 fully saturated rings. The number of alkyl halides is 2. The van der Waals surface area contributed by atoms with E-state index in [1.165, 1.54) is 0 Å². The van der Waals surface area contributed by atoms with Gasteiger partial charge in [-0.15, -0.1) is 0 Å². The van der Waals surface area contributed by atoms with Crippen molar-refractivity contribution in [1.29, 1.82) is 0 Å². The van der Waals surface area contributed by atoms with Crippen LogP contribution in [-0.2, 0) is 8.99 Å². The van der Waals surface area contributed by atoms with Crippen LogP contribution in [0.4, 0.5) is 8.78 Å². The monoisotopic (exact) mass is 508 g/mol. The first-order valence-corrected chi connectivity index (χ1v) is 15.2. The van der Waals surface area contributed by atoms with Crippen LogP contribution in [0.25, 0.3) is 0 Å². The summed E-state index contributed by atoms with van der Waals surface area (Å²) in [4.78, 5) is 19.5. The van der Waals surface area contributed by atoms with Crippen molar-refractivity contribution in [3.05, 3.63) is 71.6 Å². The van der Waals surface area contributed by atoms with Gasteiger partial charge in [0.2, 0.25) is 0 Å². The summed E-state index contributed by atoms with van der Waals surface area (Å²) in [5, 5.41) is 1.50. The van der Waals surface area contributed by atoms with Crippen molar-refractivity contribution in [2.75, 3.05) is 6.61 Å². The molecule has 2 aromatic rings. The lowest BCUT2D eigenvalue weighted by molar-refractivity contribution is 0.0767. The highest BCUT2D eigenvalue weighted by Gasteiger charge is 2.70. The van der Waals surface area contributed by atoms with Crippen LogP contribution in [-0.4, -0.2) is 30.6 Å². The minimum absolute atomic E-state index is 0.0440. The quantitative estimate of drug-likeness (QED) is 0.337. The minimum Gasteiger partial charge on any atom is -0.407 e. The van der Waals surface area contributed by atoms with E-state index in [2.05, 4.69) is 20.8 Å². The molecule has 2 aromatic carbocycles. The molecule has 1 saturated carbocycles. The molecule has 4 nitrogen and oxygen atoms in total. The average molecular weight is 509 g/mol. The molecule has 1 aliphatic carbocycles. The molecule has 2 atom stereocenters. The van der Waals surface area contributed by atoms with Gasteiger partial charge in [-0.3, -0.25) is 4.57 Å². The smallest absolute Gasteiger partial charge is 0.352 e. The van der Waals surface area contributed by atoms with Crippen molar-refractivity contribution in [1.82, 2.24) is 0 Å². The van der Waals surface area contributed by atoms with Crippen LogP contribution in [0, 0.1) is 11.8 Å². The van der Waals surface area contributed by atoms with Crippen LogP contribution in [0.2, 0.25) is 5.04 Å². The van der Waals surface area contributed by atoms with Gasteiger partial charge < -0.3 is 14.2 Å². The molecule has 0 aliphatic heterocycles. The molecule has 0 saturated heterocycles. The van der Waals surface area contributed by atoms with Crippen molar-refractivity contribution in [3.8, 4) is 0 Å². The van der Waals surface area contributed by atoms with Crippen molar-refractivity contribution >= 4 is 26.3 Å². The second kappa shape index (κ2) is 9.79. The van der Waals surface area contributed by atoms with Gasteiger partial charge >= 0.3 is 7.60 Å². The predicted molar refractivity (Wildman–Crippen MR) is 135 cm³/mol. The zero-order chi connectivity index (χ0) is 25.4. The Kier molecular flexibility index (Phi) is 7.76. The second-order valence-corrected chi connectivity index (χ2v) is 15.9. The van der Waals surface area contributed by atoms with E-state index in [4.69, 9.17) is 4.43 Å². The Labute approximate surface area is 202 Å². The molecule has 0 radical (unpaired) electrons. The molecule has 0 amide bonds. The molecular formula is C26H35F2O4PSi. The van der Waals surface area contributed by atoms with Gasteiger partial charge in [0.25, 0.3) is 14.2 Å². The fourth-order valence-electron chi connectivity index (χ4n) is 5.27. The van der Waals surface area contributed by atoms with Crippen LogP contribution < -0.4 is 10.4 Å². The first kappa shape index (κ1) is 27.0. The number of rotatable bonds is 9. The predicted octanol–water partition coefficient (Wildman–Crippen LogP) is 5.70. The third-order valence-corrected chi connectivity index (χ3v) is 13.2. The topological polar surface area (TPSA) is 66.8 Å². The van der Waals surface area contributed by atoms with E-state index in [0.29, 0.717) is 0 Å². The van der Waals surface area contributed by atoms with Gasteiger partial charge in [-0.2, -0.15) is 0 Å². The zero-order valence-electron chi connectivity index (χ0n) is 20.5. The number of hydrogen-bond acceptors (Lipinski definition) is 2. The first-order valence-electron chi connectivity index (χ1n) is 11.7. The van der Waals surface area contributed by atoms with Gasteiger partial charge in [-0.1, -0.05) is 95.3 Å². The third kappa shape index (κ3) is 4.87. The van der Waals surface area contributed by atoms with E-state index < -0.39 is 33.7 Å². The Morgan fingerprint density at radius 3 is 1.79 bits per heavy atom. The standard InChI is InChI=1S/C26H35F2O4PSi/c1-6-21(23(7-2)33(29,30)31)24-22(26(24,27)28)18-32-34(25(3,4)5,19-14-10-8-11-15-19)20-16-12-9-13-17-20/h8-17,22,24H,6-7,18H2,1-5H3,(H2,29,30,31). The van der Waals surface area contributed by atoms with Gasteiger partial charge in [0.15, 0.2) is 0 Å². The van der Waals surface area contributed by atoms with E-state index in [1.807, 2.05) is 60.7 Å². The lowest BCUT2D eigenvalue weighted by atomic mass is 10.1. The maximum atomic E-state index is 15.1. The van der Waals surface area contributed by atoms with Gasteiger partial charge in [-0.25, -0.2) is 8.78 Å². The molecule has 0 bridgehead atoms. The fourth-order valence-corrected chi connectivity index (χ4v) is 10.9. The first-order chi connectivity index (χ1) is 15.8. The van der Waals surface area contributed by atoms with Crippen molar-refractivity contribution in [2.24, 2.45) is 11.8 Å². The van der Waals surface area contributed by atoms with Gasteiger partial charge in [0.05, 0.1) is 11.8 Å². The second-order valence-electron chi connectivity index (χ2n) is 9.96. The summed E-state index contributed by atoms with van der Waals surface area (Å²) in [6.07, 6.45) is 0.215. The molecule has 2 unspecified atom stereocenters. The Morgan fingerprint density at radius 2 is 1.44 bits per heavy atom. The summed E-state index contributed by atoms with van der Waals surface area (Å²) in [6.45, 7) is 9.35. The summed E-state index contributed by atoms with van der Waals surface area (Å²) in [5.41, 5.74) is 0.178. The number of benzene rings is 2. The summed E-state index contributed by atoms with van der Waals surface area (Å²) < 4.78 is 48.9. The normalized spacial score (nSPS) is 21.2. The highest BCUT2D eigenvalue weighted by molar-refractivity contribution is 7.56. The summed E-state index contributed by atoms with van der Waals surface area (Å²) in [5.74, 6) is -5.39. The van der Waals surface area contributed by atoms with Crippen molar-refractivity contribution in [3.63, 3.8) is 0 Å². The van der Waals surface area contributed by atoms with Crippen LogP contribution in [0.1, 0.15) is 47.5 Å². The number of hydrogen-bond donors (Lipinski definition) is 2. The molecule has 1 aliphatic rings. The molecular weight excluding hydrogens is 473 g/mol. The summed E-state index contributed by atoms with van der Waals surface area (Å²) in [7, 11) is -7.59. The van der Waals surface area contributed by atoms with Gasteiger partial charge in [-0.05, 0) is 33.8 Å². The molecule has 34 heavy (non-hydrogen) atoms. The molecule has 0 heterocycles.